The number of aromatic nitrogens is 5. The molecular formula is C22H24N8O. The predicted molar refractivity (Wildman–Crippen MR) is 120 cm³/mol. The van der Waals surface area contributed by atoms with E-state index in [2.05, 4.69) is 30.5 Å². The summed E-state index contributed by atoms with van der Waals surface area (Å²) < 4.78 is 1.96. The summed E-state index contributed by atoms with van der Waals surface area (Å²) in [5.74, 6) is 2.61. The lowest BCUT2D eigenvalue weighted by atomic mass is 10.1. The van der Waals surface area contributed by atoms with Crippen molar-refractivity contribution in [3.8, 4) is 0 Å². The molecule has 0 radical (unpaired) electrons. The second kappa shape index (κ2) is 8.57. The monoisotopic (exact) mass is 416 g/mol. The lowest BCUT2D eigenvalue weighted by molar-refractivity contribution is 0.277. The highest BCUT2D eigenvalue weighted by Crippen LogP contribution is 2.25. The summed E-state index contributed by atoms with van der Waals surface area (Å²) in [5, 5.41) is 15.9. The number of imidazole rings is 1. The number of piperidine rings is 1. The van der Waals surface area contributed by atoms with Gasteiger partial charge in [0.15, 0.2) is 0 Å². The third kappa shape index (κ3) is 4.41. The highest BCUT2D eigenvalue weighted by Gasteiger charge is 2.15. The third-order valence-corrected chi connectivity index (χ3v) is 5.27. The minimum atomic E-state index is -0.118. The van der Waals surface area contributed by atoms with Gasteiger partial charge in [-0.3, -0.25) is 0 Å². The standard InChI is InChI=1S/C22H24N8O/c31-15-17-5-4-6-18(25-17)26-22-27-19(14-21(28-22)29-9-2-1-3-10-29)24-16-7-11-30-12-8-23-20(30)13-16/h4-8,11-14,31H,1-3,9-10,15H2,(H2,24,25,26,27,28). The third-order valence-electron chi connectivity index (χ3n) is 5.27. The van der Waals surface area contributed by atoms with Crippen molar-refractivity contribution in [3.63, 3.8) is 0 Å². The van der Waals surface area contributed by atoms with Crippen molar-refractivity contribution >= 4 is 34.7 Å². The molecule has 1 aliphatic heterocycles. The lowest BCUT2D eigenvalue weighted by Crippen LogP contribution is -2.30. The Hall–Kier alpha value is -3.72. The minimum Gasteiger partial charge on any atom is -0.390 e. The van der Waals surface area contributed by atoms with Crippen LogP contribution in [0.3, 0.4) is 0 Å². The summed E-state index contributed by atoms with van der Waals surface area (Å²) in [5.41, 5.74) is 2.34. The highest BCUT2D eigenvalue weighted by molar-refractivity contribution is 5.65. The normalized spacial score (nSPS) is 14.0. The maximum absolute atomic E-state index is 9.37. The van der Waals surface area contributed by atoms with E-state index in [1.165, 1.54) is 6.42 Å². The Morgan fingerprint density at radius 3 is 2.68 bits per heavy atom. The van der Waals surface area contributed by atoms with Crippen LogP contribution >= 0.6 is 0 Å². The van der Waals surface area contributed by atoms with Crippen molar-refractivity contribution in [2.24, 2.45) is 0 Å². The number of nitrogens with zero attached hydrogens (tertiary/aromatic N) is 6. The topological polar surface area (TPSA) is 104 Å². The van der Waals surface area contributed by atoms with E-state index in [1.54, 1.807) is 12.3 Å². The number of aliphatic hydroxyl groups is 1. The lowest BCUT2D eigenvalue weighted by Gasteiger charge is -2.28. The molecule has 31 heavy (non-hydrogen) atoms. The summed E-state index contributed by atoms with van der Waals surface area (Å²) >= 11 is 0. The summed E-state index contributed by atoms with van der Waals surface area (Å²) in [6.45, 7) is 1.84. The first kappa shape index (κ1) is 19.3. The van der Waals surface area contributed by atoms with E-state index in [4.69, 9.17) is 4.98 Å². The number of anilines is 5. The van der Waals surface area contributed by atoms with Crippen LogP contribution in [0.5, 0.6) is 0 Å². The van der Waals surface area contributed by atoms with Crippen LogP contribution in [0.1, 0.15) is 25.0 Å². The van der Waals surface area contributed by atoms with Crippen molar-refractivity contribution < 1.29 is 5.11 Å². The zero-order chi connectivity index (χ0) is 21.0. The number of nitrogens with one attached hydrogen (secondary N) is 2. The van der Waals surface area contributed by atoms with Gasteiger partial charge < -0.3 is 25.0 Å². The van der Waals surface area contributed by atoms with Crippen molar-refractivity contribution in [2.45, 2.75) is 25.9 Å². The molecule has 9 heteroatoms. The number of aliphatic hydroxyl groups excluding tert-OH is 1. The molecule has 9 nitrogen and oxygen atoms in total. The van der Waals surface area contributed by atoms with Gasteiger partial charge in [-0.2, -0.15) is 9.97 Å². The molecule has 0 saturated carbocycles. The fourth-order valence-corrected chi connectivity index (χ4v) is 3.73. The van der Waals surface area contributed by atoms with E-state index in [-0.39, 0.29) is 6.61 Å². The van der Waals surface area contributed by atoms with E-state index in [0.717, 1.165) is 43.1 Å². The molecule has 0 aromatic carbocycles. The van der Waals surface area contributed by atoms with Crippen LogP contribution in [0.2, 0.25) is 0 Å². The number of pyridine rings is 2. The second-order valence-corrected chi connectivity index (χ2v) is 7.51. The van der Waals surface area contributed by atoms with Crippen LogP contribution in [0, 0.1) is 0 Å². The maximum atomic E-state index is 9.37. The highest BCUT2D eigenvalue weighted by atomic mass is 16.3. The Kier molecular flexibility index (Phi) is 5.32. The SMILES string of the molecule is OCc1cccc(Nc2nc(Nc3ccn4ccnc4c3)cc(N3CCCCC3)n2)n1. The first-order valence-corrected chi connectivity index (χ1v) is 10.4. The zero-order valence-corrected chi connectivity index (χ0v) is 17.1. The van der Waals surface area contributed by atoms with Gasteiger partial charge in [-0.15, -0.1) is 0 Å². The van der Waals surface area contributed by atoms with Gasteiger partial charge in [-0.1, -0.05) is 6.07 Å². The summed E-state index contributed by atoms with van der Waals surface area (Å²) in [7, 11) is 0. The molecule has 0 amide bonds. The van der Waals surface area contributed by atoms with Gasteiger partial charge in [-0.25, -0.2) is 9.97 Å². The Morgan fingerprint density at radius 1 is 0.903 bits per heavy atom. The van der Waals surface area contributed by atoms with Crippen molar-refractivity contribution in [2.75, 3.05) is 28.6 Å². The Morgan fingerprint density at radius 2 is 1.81 bits per heavy atom. The predicted octanol–water partition coefficient (Wildman–Crippen LogP) is 3.49. The molecule has 0 unspecified atom stereocenters. The molecule has 158 valence electrons. The number of fused-ring (bicyclic) bond motifs is 1. The van der Waals surface area contributed by atoms with Crippen molar-refractivity contribution in [1.82, 2.24) is 24.3 Å². The van der Waals surface area contributed by atoms with Crippen LogP contribution in [-0.2, 0) is 6.61 Å². The minimum absolute atomic E-state index is 0.118. The summed E-state index contributed by atoms with van der Waals surface area (Å²) in [6.07, 6.45) is 9.21. The molecule has 0 spiro atoms. The number of rotatable bonds is 6. The molecule has 5 heterocycles. The van der Waals surface area contributed by atoms with Crippen LogP contribution in [0.4, 0.5) is 29.1 Å². The van der Waals surface area contributed by atoms with Gasteiger partial charge in [0.05, 0.1) is 12.3 Å². The van der Waals surface area contributed by atoms with E-state index >= 15 is 0 Å². The van der Waals surface area contributed by atoms with Crippen LogP contribution in [0.25, 0.3) is 5.65 Å². The molecule has 4 aromatic heterocycles. The smallest absolute Gasteiger partial charge is 0.232 e. The second-order valence-electron chi connectivity index (χ2n) is 7.51. The van der Waals surface area contributed by atoms with Gasteiger partial charge in [0.25, 0.3) is 0 Å². The van der Waals surface area contributed by atoms with Crippen molar-refractivity contribution in [3.05, 3.63) is 60.7 Å². The molecular weight excluding hydrogens is 392 g/mol. The first-order chi connectivity index (χ1) is 15.3. The van der Waals surface area contributed by atoms with Crippen LogP contribution in [0.15, 0.2) is 55.0 Å². The molecule has 1 fully saturated rings. The fourth-order valence-electron chi connectivity index (χ4n) is 3.73. The molecule has 3 N–H and O–H groups in total. The molecule has 5 rings (SSSR count). The summed E-state index contributed by atoms with van der Waals surface area (Å²) in [6, 6.07) is 11.4. The maximum Gasteiger partial charge on any atom is 0.232 e. The molecule has 1 saturated heterocycles. The van der Waals surface area contributed by atoms with E-state index in [9.17, 15) is 5.11 Å². The fraction of sp³-hybridized carbons (Fsp3) is 0.273. The van der Waals surface area contributed by atoms with Gasteiger partial charge in [0.1, 0.15) is 23.1 Å². The quantitative estimate of drug-likeness (QED) is 0.439. The van der Waals surface area contributed by atoms with E-state index in [0.29, 0.717) is 23.3 Å². The molecule has 0 bridgehead atoms. The van der Waals surface area contributed by atoms with Crippen LogP contribution in [-0.4, -0.2) is 42.5 Å². The average Bonchev–Trinajstić information content (AvgIpc) is 3.27. The molecule has 1 aliphatic rings. The number of hydrogen-bond acceptors (Lipinski definition) is 8. The Bertz CT molecular complexity index is 1190. The largest absolute Gasteiger partial charge is 0.390 e. The van der Waals surface area contributed by atoms with Gasteiger partial charge in [0.2, 0.25) is 5.95 Å². The van der Waals surface area contributed by atoms with E-state index in [1.807, 2.05) is 47.1 Å². The van der Waals surface area contributed by atoms with Gasteiger partial charge >= 0.3 is 0 Å². The molecule has 0 atom stereocenters. The van der Waals surface area contributed by atoms with Gasteiger partial charge in [-0.05, 0) is 37.5 Å². The zero-order valence-electron chi connectivity index (χ0n) is 17.1. The molecule has 0 aliphatic carbocycles. The first-order valence-electron chi connectivity index (χ1n) is 10.4. The molecule has 4 aromatic rings. The number of hydrogen-bond donors (Lipinski definition) is 3. The Labute approximate surface area is 179 Å². The Balaban J connectivity index is 1.47. The van der Waals surface area contributed by atoms with Gasteiger partial charge in [0, 0.05) is 49.5 Å². The summed E-state index contributed by atoms with van der Waals surface area (Å²) in [4.78, 5) is 20.4. The van der Waals surface area contributed by atoms with E-state index < -0.39 is 0 Å². The van der Waals surface area contributed by atoms with Crippen molar-refractivity contribution in [1.29, 1.82) is 0 Å². The average molecular weight is 416 g/mol. The van der Waals surface area contributed by atoms with Crippen LogP contribution < -0.4 is 15.5 Å².